The van der Waals surface area contributed by atoms with Crippen molar-refractivity contribution in [2.24, 2.45) is 0 Å². The van der Waals surface area contributed by atoms with Gasteiger partial charge in [0.25, 0.3) is 11.1 Å². The van der Waals surface area contributed by atoms with E-state index in [1.54, 1.807) is 30.3 Å². The number of amides is 2. The molecule has 1 aromatic heterocycles. The largest absolute Gasteiger partial charge is 0.492 e. The third-order valence-electron chi connectivity index (χ3n) is 5.33. The number of fused-ring (bicyclic) bond motifs is 1. The van der Waals surface area contributed by atoms with Crippen molar-refractivity contribution in [1.82, 2.24) is 4.57 Å². The number of anilines is 1. The summed E-state index contributed by atoms with van der Waals surface area (Å²) in [4.78, 5) is 27.2. The van der Waals surface area contributed by atoms with Gasteiger partial charge in [0.15, 0.2) is 0 Å². The Morgan fingerprint density at radius 1 is 0.909 bits per heavy atom. The van der Waals surface area contributed by atoms with Crippen molar-refractivity contribution in [3.63, 3.8) is 0 Å². The Balaban J connectivity index is 1.40. The van der Waals surface area contributed by atoms with Crippen molar-refractivity contribution < 1.29 is 14.3 Å². The highest BCUT2D eigenvalue weighted by Gasteiger charge is 2.36. The highest BCUT2D eigenvalue weighted by Crippen LogP contribution is 2.36. The average molecular weight is 475 g/mol. The Morgan fingerprint density at radius 2 is 1.64 bits per heavy atom. The summed E-state index contributed by atoms with van der Waals surface area (Å²) in [7, 11) is 0. The molecule has 0 atom stereocenters. The minimum Gasteiger partial charge on any atom is -0.492 e. The molecule has 1 fully saturated rings. The number of benzene rings is 3. The second-order valence-electron chi connectivity index (χ2n) is 7.45. The van der Waals surface area contributed by atoms with Gasteiger partial charge in [-0.2, -0.15) is 0 Å². The molecule has 7 heteroatoms. The van der Waals surface area contributed by atoms with E-state index in [2.05, 4.69) is 4.57 Å². The summed E-state index contributed by atoms with van der Waals surface area (Å²) in [6.45, 7) is 1.10. The van der Waals surface area contributed by atoms with Gasteiger partial charge in [-0.15, -0.1) is 0 Å². The lowest BCUT2D eigenvalue weighted by Gasteiger charge is -2.11. The van der Waals surface area contributed by atoms with Crippen LogP contribution in [0, 0.1) is 0 Å². The van der Waals surface area contributed by atoms with Crippen molar-refractivity contribution in [3.8, 4) is 5.75 Å². The highest BCUT2D eigenvalue weighted by molar-refractivity contribution is 8.19. The van der Waals surface area contributed by atoms with Crippen LogP contribution in [0.5, 0.6) is 5.75 Å². The number of aromatic nitrogens is 1. The Kier molecular flexibility index (Phi) is 5.94. The maximum Gasteiger partial charge on any atom is 0.298 e. The zero-order chi connectivity index (χ0) is 22.8. The summed E-state index contributed by atoms with van der Waals surface area (Å²) >= 11 is 6.89. The second kappa shape index (κ2) is 9.17. The van der Waals surface area contributed by atoms with Crippen LogP contribution in [0.25, 0.3) is 17.0 Å². The molecule has 2 amide bonds. The zero-order valence-corrected chi connectivity index (χ0v) is 19.1. The first-order valence-corrected chi connectivity index (χ1v) is 11.6. The summed E-state index contributed by atoms with van der Waals surface area (Å²) in [6, 6.07) is 24.2. The third kappa shape index (κ3) is 4.40. The van der Waals surface area contributed by atoms with Gasteiger partial charge in [0.05, 0.1) is 17.1 Å². The van der Waals surface area contributed by atoms with E-state index in [0.29, 0.717) is 28.8 Å². The topological polar surface area (TPSA) is 51.5 Å². The average Bonchev–Trinajstić information content (AvgIpc) is 3.32. The molecule has 1 aliphatic heterocycles. The normalized spacial score (nSPS) is 15.1. The van der Waals surface area contributed by atoms with Crippen molar-refractivity contribution >= 4 is 57.2 Å². The Labute approximate surface area is 200 Å². The predicted molar refractivity (Wildman–Crippen MR) is 134 cm³/mol. The molecule has 0 saturated carbocycles. The van der Waals surface area contributed by atoms with Gasteiger partial charge in [0.2, 0.25) is 0 Å². The van der Waals surface area contributed by atoms with Crippen molar-refractivity contribution in [2.45, 2.75) is 6.54 Å². The van der Waals surface area contributed by atoms with E-state index in [0.717, 1.165) is 34.0 Å². The van der Waals surface area contributed by atoms with Crippen LogP contribution < -0.4 is 9.64 Å². The standard InChI is InChI=1S/C26H19ClN2O3S/c27-19-10-12-21(13-11-19)32-15-14-28-17-18(22-8-4-5-9-23(22)28)16-24-25(30)29(26(31)33-24)20-6-2-1-3-7-20/h1-13,16-17H,14-15H2/b24-16-. The molecular weight excluding hydrogens is 456 g/mol. The molecule has 5 rings (SSSR count). The lowest BCUT2D eigenvalue weighted by Crippen LogP contribution is -2.27. The van der Waals surface area contributed by atoms with Crippen LogP contribution in [0.4, 0.5) is 10.5 Å². The summed E-state index contributed by atoms with van der Waals surface area (Å²) in [5, 5.41) is 1.38. The Hall–Kier alpha value is -3.48. The van der Waals surface area contributed by atoms with Crippen molar-refractivity contribution in [3.05, 3.63) is 101 Å². The number of carbonyl (C=O) groups excluding carboxylic acids is 2. The number of carbonyl (C=O) groups is 2. The number of hydrogen-bond acceptors (Lipinski definition) is 4. The van der Waals surface area contributed by atoms with Crippen molar-refractivity contribution in [2.75, 3.05) is 11.5 Å². The minimum absolute atomic E-state index is 0.294. The van der Waals surface area contributed by atoms with E-state index in [9.17, 15) is 9.59 Å². The molecule has 164 valence electrons. The fourth-order valence-corrected chi connectivity index (χ4v) is 4.73. The first-order valence-electron chi connectivity index (χ1n) is 10.4. The van der Waals surface area contributed by atoms with Gasteiger partial charge in [-0.1, -0.05) is 48.0 Å². The quantitative estimate of drug-likeness (QED) is 0.295. The number of nitrogens with zero attached hydrogens (tertiary/aromatic N) is 2. The second-order valence-corrected chi connectivity index (χ2v) is 8.88. The molecule has 0 spiro atoms. The van der Waals surface area contributed by atoms with E-state index >= 15 is 0 Å². The summed E-state index contributed by atoms with van der Waals surface area (Å²) in [6.07, 6.45) is 3.79. The maximum atomic E-state index is 13.0. The van der Waals surface area contributed by atoms with Crippen LogP contribution in [0.15, 0.2) is 90.0 Å². The van der Waals surface area contributed by atoms with Gasteiger partial charge in [0.1, 0.15) is 12.4 Å². The monoisotopic (exact) mass is 474 g/mol. The summed E-state index contributed by atoms with van der Waals surface area (Å²) < 4.78 is 7.94. The van der Waals surface area contributed by atoms with E-state index in [4.69, 9.17) is 16.3 Å². The number of imide groups is 1. The lowest BCUT2D eigenvalue weighted by atomic mass is 10.1. The van der Waals surface area contributed by atoms with Gasteiger partial charge in [0, 0.05) is 27.7 Å². The molecular formula is C26H19ClN2O3S. The fourth-order valence-electron chi connectivity index (χ4n) is 3.78. The van der Waals surface area contributed by atoms with E-state index in [-0.39, 0.29) is 11.1 Å². The van der Waals surface area contributed by atoms with Gasteiger partial charge in [-0.25, -0.2) is 4.90 Å². The fraction of sp³-hybridized carbons (Fsp3) is 0.0769. The van der Waals surface area contributed by atoms with Gasteiger partial charge in [-0.05, 0) is 60.3 Å². The number of para-hydroxylation sites is 2. The molecule has 0 radical (unpaired) electrons. The van der Waals surface area contributed by atoms with Crippen LogP contribution in [0.3, 0.4) is 0 Å². The number of rotatable bonds is 6. The maximum absolute atomic E-state index is 13.0. The van der Waals surface area contributed by atoms with Crippen LogP contribution in [0.1, 0.15) is 5.56 Å². The molecule has 1 aliphatic rings. The third-order valence-corrected chi connectivity index (χ3v) is 6.45. The molecule has 2 heterocycles. The minimum atomic E-state index is -0.306. The molecule has 1 saturated heterocycles. The molecule has 0 bridgehead atoms. The van der Waals surface area contributed by atoms with Gasteiger partial charge >= 0.3 is 0 Å². The molecule has 3 aromatic carbocycles. The van der Waals surface area contributed by atoms with Gasteiger partial charge in [-0.3, -0.25) is 9.59 Å². The Morgan fingerprint density at radius 3 is 2.42 bits per heavy atom. The number of thioether (sulfide) groups is 1. The van der Waals surface area contributed by atoms with Crippen LogP contribution >= 0.6 is 23.4 Å². The predicted octanol–water partition coefficient (Wildman–Crippen LogP) is 6.61. The molecule has 0 N–H and O–H groups in total. The van der Waals surface area contributed by atoms with Crippen LogP contribution in [-0.4, -0.2) is 22.3 Å². The van der Waals surface area contributed by atoms with E-state index in [1.165, 1.54) is 4.90 Å². The SMILES string of the molecule is O=C1S/C(=C\c2cn(CCOc3ccc(Cl)cc3)c3ccccc23)C(=O)N1c1ccccc1. The number of hydrogen-bond donors (Lipinski definition) is 0. The number of ether oxygens (including phenoxy) is 1. The first-order chi connectivity index (χ1) is 16.1. The van der Waals surface area contributed by atoms with Gasteiger partial charge < -0.3 is 9.30 Å². The van der Waals surface area contributed by atoms with Crippen LogP contribution in [0.2, 0.25) is 5.02 Å². The molecule has 5 nitrogen and oxygen atoms in total. The summed E-state index contributed by atoms with van der Waals surface area (Å²) in [5.74, 6) is 0.449. The molecule has 4 aromatic rings. The smallest absolute Gasteiger partial charge is 0.298 e. The Bertz CT molecular complexity index is 1360. The molecule has 0 aliphatic carbocycles. The molecule has 0 unspecified atom stereocenters. The zero-order valence-electron chi connectivity index (χ0n) is 17.5. The summed E-state index contributed by atoms with van der Waals surface area (Å²) in [5.41, 5.74) is 2.49. The molecule has 33 heavy (non-hydrogen) atoms. The van der Waals surface area contributed by atoms with E-state index < -0.39 is 0 Å². The van der Waals surface area contributed by atoms with Crippen molar-refractivity contribution in [1.29, 1.82) is 0 Å². The van der Waals surface area contributed by atoms with E-state index in [1.807, 2.05) is 60.8 Å². The first kappa shape index (κ1) is 21.4. The van der Waals surface area contributed by atoms with Crippen LogP contribution in [-0.2, 0) is 11.3 Å². The number of halogens is 1. The lowest BCUT2D eigenvalue weighted by molar-refractivity contribution is -0.113. The highest BCUT2D eigenvalue weighted by atomic mass is 35.5.